The van der Waals surface area contributed by atoms with Crippen molar-refractivity contribution in [2.45, 2.75) is 13.3 Å². The van der Waals surface area contributed by atoms with E-state index in [0.29, 0.717) is 11.5 Å². The summed E-state index contributed by atoms with van der Waals surface area (Å²) >= 11 is 5.05. The lowest BCUT2D eigenvalue weighted by Crippen LogP contribution is -2.27. The number of aromatic nitrogens is 1. The monoisotopic (exact) mass is 279 g/mol. The Hall–Kier alpha value is -1.69. The highest BCUT2D eigenvalue weighted by atomic mass is 32.1. The Morgan fingerprint density at radius 1 is 1.58 bits per heavy atom. The molecule has 19 heavy (non-hydrogen) atoms. The van der Waals surface area contributed by atoms with Crippen LogP contribution in [-0.4, -0.2) is 36.1 Å². The number of nitrogens with two attached hydrogens (primary N) is 1. The number of hydrogen-bond donors (Lipinski definition) is 1. The molecule has 0 saturated carbocycles. The van der Waals surface area contributed by atoms with Crippen LogP contribution in [-0.2, 0) is 9.53 Å². The van der Waals surface area contributed by atoms with E-state index in [-0.39, 0.29) is 11.9 Å². The van der Waals surface area contributed by atoms with Gasteiger partial charge in [-0.1, -0.05) is 12.2 Å². The zero-order valence-electron chi connectivity index (χ0n) is 11.0. The molecule has 6 heteroatoms. The fourth-order valence-electron chi connectivity index (χ4n) is 2.29. The first-order valence-electron chi connectivity index (χ1n) is 6.13. The van der Waals surface area contributed by atoms with E-state index in [4.69, 9.17) is 22.7 Å². The Kier molecular flexibility index (Phi) is 3.99. The van der Waals surface area contributed by atoms with Crippen molar-refractivity contribution in [1.82, 2.24) is 4.98 Å². The lowest BCUT2D eigenvalue weighted by atomic mass is 10.1. The summed E-state index contributed by atoms with van der Waals surface area (Å²) in [5, 5.41) is 0. The van der Waals surface area contributed by atoms with E-state index >= 15 is 0 Å². The van der Waals surface area contributed by atoms with Crippen LogP contribution in [0, 0.1) is 12.8 Å². The van der Waals surface area contributed by atoms with Crippen LogP contribution in [0.5, 0.6) is 0 Å². The van der Waals surface area contributed by atoms with Crippen molar-refractivity contribution in [1.29, 1.82) is 0 Å². The highest BCUT2D eigenvalue weighted by Crippen LogP contribution is 2.26. The van der Waals surface area contributed by atoms with Crippen LogP contribution < -0.4 is 10.6 Å². The molecule has 0 spiro atoms. The summed E-state index contributed by atoms with van der Waals surface area (Å²) < 4.78 is 4.78. The van der Waals surface area contributed by atoms with Gasteiger partial charge < -0.3 is 15.4 Å². The summed E-state index contributed by atoms with van der Waals surface area (Å²) in [6.45, 7) is 3.27. The Labute approximate surface area is 117 Å². The van der Waals surface area contributed by atoms with Gasteiger partial charge >= 0.3 is 5.97 Å². The molecule has 1 unspecified atom stereocenters. The first-order chi connectivity index (χ1) is 9.02. The number of pyridine rings is 1. The molecule has 0 amide bonds. The quantitative estimate of drug-likeness (QED) is 0.658. The largest absolute Gasteiger partial charge is 0.469 e. The Balaban J connectivity index is 2.26. The highest BCUT2D eigenvalue weighted by Gasteiger charge is 2.31. The standard InChI is InChI=1S/C13H17N3O2S/c1-8-3-4-10(11(14)19)12(15-8)16-6-5-9(7-16)13(17)18-2/h3-4,9H,5-7H2,1-2H3,(H2,14,19). The molecular weight excluding hydrogens is 262 g/mol. The summed E-state index contributed by atoms with van der Waals surface area (Å²) in [6.07, 6.45) is 0.763. The second kappa shape index (κ2) is 5.52. The third kappa shape index (κ3) is 2.84. The molecule has 1 atom stereocenters. The lowest BCUT2D eigenvalue weighted by Gasteiger charge is -2.20. The first-order valence-corrected chi connectivity index (χ1v) is 6.54. The molecule has 2 heterocycles. The minimum absolute atomic E-state index is 0.105. The van der Waals surface area contributed by atoms with E-state index in [1.165, 1.54) is 7.11 Å². The molecule has 5 nitrogen and oxygen atoms in total. The van der Waals surface area contributed by atoms with Gasteiger partial charge in [0.15, 0.2) is 0 Å². The Bertz CT molecular complexity index is 519. The van der Waals surface area contributed by atoms with Crippen LogP contribution in [0.15, 0.2) is 12.1 Å². The number of aryl methyl sites for hydroxylation is 1. The van der Waals surface area contributed by atoms with Crippen LogP contribution in [0.1, 0.15) is 17.7 Å². The van der Waals surface area contributed by atoms with Gasteiger partial charge in [-0.2, -0.15) is 0 Å². The Morgan fingerprint density at radius 2 is 2.32 bits per heavy atom. The highest BCUT2D eigenvalue weighted by molar-refractivity contribution is 7.80. The van der Waals surface area contributed by atoms with Gasteiger partial charge in [0.2, 0.25) is 0 Å². The number of anilines is 1. The summed E-state index contributed by atoms with van der Waals surface area (Å²) in [5.41, 5.74) is 7.38. The molecule has 2 rings (SSSR count). The van der Waals surface area contributed by atoms with E-state index in [0.717, 1.165) is 30.0 Å². The summed E-state index contributed by atoms with van der Waals surface area (Å²) in [4.78, 5) is 18.4. The van der Waals surface area contributed by atoms with Crippen LogP contribution >= 0.6 is 12.2 Å². The van der Waals surface area contributed by atoms with Crippen molar-refractivity contribution in [2.24, 2.45) is 11.7 Å². The summed E-state index contributed by atoms with van der Waals surface area (Å²) in [5.74, 6) is 0.484. The van der Waals surface area contributed by atoms with Crippen molar-refractivity contribution in [3.05, 3.63) is 23.4 Å². The second-order valence-corrected chi connectivity index (χ2v) is 5.08. The molecule has 1 aromatic rings. The average molecular weight is 279 g/mol. The number of rotatable bonds is 3. The molecule has 1 saturated heterocycles. The maximum atomic E-state index is 11.6. The van der Waals surface area contributed by atoms with Gasteiger partial charge in [-0.15, -0.1) is 0 Å². The average Bonchev–Trinajstić information content (AvgIpc) is 2.86. The molecule has 0 bridgehead atoms. The molecule has 0 radical (unpaired) electrons. The molecule has 1 aromatic heterocycles. The minimum Gasteiger partial charge on any atom is -0.469 e. The van der Waals surface area contributed by atoms with Gasteiger partial charge in [-0.05, 0) is 25.5 Å². The molecule has 0 aliphatic carbocycles. The van der Waals surface area contributed by atoms with Gasteiger partial charge in [0.05, 0.1) is 18.6 Å². The molecule has 1 aliphatic rings. The first kappa shape index (κ1) is 13.7. The number of thiocarbonyl (C=S) groups is 1. The molecule has 2 N–H and O–H groups in total. The van der Waals surface area contributed by atoms with Crippen LogP contribution in [0.2, 0.25) is 0 Å². The smallest absolute Gasteiger partial charge is 0.310 e. The van der Waals surface area contributed by atoms with Crippen molar-refractivity contribution in [3.63, 3.8) is 0 Å². The number of esters is 1. The van der Waals surface area contributed by atoms with E-state index < -0.39 is 0 Å². The maximum Gasteiger partial charge on any atom is 0.310 e. The molecule has 1 aliphatic heterocycles. The minimum atomic E-state index is -0.174. The predicted octanol–water partition coefficient (Wildman–Crippen LogP) is 1.02. The second-order valence-electron chi connectivity index (χ2n) is 4.64. The maximum absolute atomic E-state index is 11.6. The zero-order valence-corrected chi connectivity index (χ0v) is 11.9. The van der Waals surface area contributed by atoms with Gasteiger partial charge in [-0.25, -0.2) is 4.98 Å². The Morgan fingerprint density at radius 3 is 2.95 bits per heavy atom. The SMILES string of the molecule is COC(=O)C1CCN(c2nc(C)ccc2C(N)=S)C1. The van der Waals surface area contributed by atoms with Crippen molar-refractivity contribution >= 4 is 29.0 Å². The molecule has 0 aromatic carbocycles. The number of hydrogen-bond acceptors (Lipinski definition) is 5. The van der Waals surface area contributed by atoms with E-state index in [1.807, 2.05) is 24.0 Å². The zero-order chi connectivity index (χ0) is 14.0. The number of nitrogens with zero attached hydrogens (tertiary/aromatic N) is 2. The third-order valence-corrected chi connectivity index (χ3v) is 3.52. The number of carbonyl (C=O) groups is 1. The normalized spacial score (nSPS) is 18.4. The molecule has 1 fully saturated rings. The van der Waals surface area contributed by atoms with Crippen molar-refractivity contribution in [3.8, 4) is 0 Å². The predicted molar refractivity (Wildman–Crippen MR) is 77.2 cm³/mol. The van der Waals surface area contributed by atoms with Gasteiger partial charge in [0, 0.05) is 18.8 Å². The van der Waals surface area contributed by atoms with Gasteiger partial charge in [0.1, 0.15) is 10.8 Å². The van der Waals surface area contributed by atoms with Crippen LogP contribution in [0.25, 0.3) is 0 Å². The topological polar surface area (TPSA) is 68.5 Å². The van der Waals surface area contributed by atoms with Crippen LogP contribution in [0.4, 0.5) is 5.82 Å². The fraction of sp³-hybridized carbons (Fsp3) is 0.462. The lowest BCUT2D eigenvalue weighted by molar-refractivity contribution is -0.144. The van der Waals surface area contributed by atoms with Crippen molar-refractivity contribution in [2.75, 3.05) is 25.1 Å². The van der Waals surface area contributed by atoms with E-state index in [1.54, 1.807) is 0 Å². The number of carbonyl (C=O) groups excluding carboxylic acids is 1. The van der Waals surface area contributed by atoms with E-state index in [9.17, 15) is 4.79 Å². The van der Waals surface area contributed by atoms with Gasteiger partial charge in [0.25, 0.3) is 0 Å². The van der Waals surface area contributed by atoms with Crippen molar-refractivity contribution < 1.29 is 9.53 Å². The summed E-state index contributed by atoms with van der Waals surface area (Å²) in [7, 11) is 1.41. The fourth-order valence-corrected chi connectivity index (χ4v) is 2.45. The van der Waals surface area contributed by atoms with E-state index in [2.05, 4.69) is 4.98 Å². The molecular formula is C13H17N3O2S. The number of ether oxygens (including phenoxy) is 1. The number of methoxy groups -OCH3 is 1. The summed E-state index contributed by atoms with van der Waals surface area (Å²) in [6, 6.07) is 3.76. The molecule has 102 valence electrons. The van der Waals surface area contributed by atoms with Gasteiger partial charge in [-0.3, -0.25) is 4.79 Å². The third-order valence-electron chi connectivity index (χ3n) is 3.30. The van der Waals surface area contributed by atoms with Crippen LogP contribution in [0.3, 0.4) is 0 Å².